The van der Waals surface area contributed by atoms with Crippen LogP contribution in [0.15, 0.2) is 18.2 Å². The summed E-state index contributed by atoms with van der Waals surface area (Å²) in [6.45, 7) is 0.243. The summed E-state index contributed by atoms with van der Waals surface area (Å²) in [6.07, 6.45) is -4.39. The predicted molar refractivity (Wildman–Crippen MR) is 69.8 cm³/mol. The molecule has 8 heteroatoms. The summed E-state index contributed by atoms with van der Waals surface area (Å²) >= 11 is 0. The van der Waals surface area contributed by atoms with Crippen LogP contribution in [-0.4, -0.2) is 27.9 Å². The van der Waals surface area contributed by atoms with E-state index < -0.39 is 27.3 Å². The molecule has 0 spiro atoms. The molecule has 0 aliphatic rings. The van der Waals surface area contributed by atoms with E-state index in [2.05, 4.69) is 0 Å². The smallest absolute Gasteiger partial charge is 0.399 e. The van der Waals surface area contributed by atoms with E-state index >= 15 is 0 Å². The quantitative estimate of drug-likeness (QED) is 0.646. The Balaban J connectivity index is 2.98. The predicted octanol–water partition coefficient (Wildman–Crippen LogP) is 2.24. The molecule has 0 saturated carbocycles. The summed E-state index contributed by atoms with van der Waals surface area (Å²) in [4.78, 5) is 0. The zero-order chi connectivity index (χ0) is 15.4. The van der Waals surface area contributed by atoms with Crippen molar-refractivity contribution in [3.05, 3.63) is 29.3 Å². The standard InChI is InChI=1S/C12H16F3NO3S/c1-19-5-2-6-20(17,18)8-9-3-4-10(16)7-11(9)12(13,14)15/h3-4,7H,2,5-6,8,16H2,1H3. The van der Waals surface area contributed by atoms with E-state index in [1.807, 2.05) is 0 Å². The number of nitrogens with two attached hydrogens (primary N) is 1. The summed E-state index contributed by atoms with van der Waals surface area (Å²) < 4.78 is 66.8. The maximum absolute atomic E-state index is 12.8. The average molecular weight is 311 g/mol. The number of halogens is 3. The van der Waals surface area contributed by atoms with E-state index in [9.17, 15) is 21.6 Å². The van der Waals surface area contributed by atoms with Crippen LogP contribution in [-0.2, 0) is 26.5 Å². The first-order chi connectivity index (χ1) is 9.15. The van der Waals surface area contributed by atoms with Crippen molar-refractivity contribution in [3.63, 3.8) is 0 Å². The Morgan fingerprint density at radius 2 is 1.95 bits per heavy atom. The summed E-state index contributed by atoms with van der Waals surface area (Å²) in [5.74, 6) is -0.881. The lowest BCUT2D eigenvalue weighted by Gasteiger charge is -2.13. The van der Waals surface area contributed by atoms with Crippen LogP contribution in [0.4, 0.5) is 18.9 Å². The van der Waals surface area contributed by atoms with E-state index in [0.717, 1.165) is 12.1 Å². The molecule has 1 rings (SSSR count). The first-order valence-corrected chi connectivity index (χ1v) is 7.63. The first-order valence-electron chi connectivity index (χ1n) is 5.80. The Hall–Kier alpha value is -1.28. The molecule has 1 aromatic rings. The van der Waals surface area contributed by atoms with E-state index in [4.69, 9.17) is 10.5 Å². The number of sulfone groups is 1. The van der Waals surface area contributed by atoms with Crippen molar-refractivity contribution in [2.24, 2.45) is 0 Å². The van der Waals surface area contributed by atoms with Crippen LogP contribution < -0.4 is 5.73 Å². The van der Waals surface area contributed by atoms with Crippen molar-refractivity contribution in [1.29, 1.82) is 0 Å². The molecule has 0 amide bonds. The zero-order valence-electron chi connectivity index (χ0n) is 10.9. The molecular weight excluding hydrogens is 295 g/mol. The molecule has 0 aliphatic heterocycles. The minimum Gasteiger partial charge on any atom is -0.399 e. The van der Waals surface area contributed by atoms with Crippen LogP contribution >= 0.6 is 0 Å². The zero-order valence-corrected chi connectivity index (χ0v) is 11.7. The fraction of sp³-hybridized carbons (Fsp3) is 0.500. The fourth-order valence-electron chi connectivity index (χ4n) is 1.72. The molecule has 0 aliphatic carbocycles. The summed E-state index contributed by atoms with van der Waals surface area (Å²) in [5.41, 5.74) is 3.97. The Kier molecular flexibility index (Phi) is 5.41. The third-order valence-electron chi connectivity index (χ3n) is 2.62. The van der Waals surface area contributed by atoms with Crippen molar-refractivity contribution in [3.8, 4) is 0 Å². The number of rotatable bonds is 6. The normalized spacial score (nSPS) is 12.6. The monoisotopic (exact) mass is 311 g/mol. The molecular formula is C12H16F3NO3S. The van der Waals surface area contributed by atoms with Gasteiger partial charge in [0.15, 0.2) is 9.84 Å². The van der Waals surface area contributed by atoms with Crippen molar-refractivity contribution >= 4 is 15.5 Å². The van der Waals surface area contributed by atoms with Crippen molar-refractivity contribution in [2.75, 3.05) is 25.2 Å². The molecule has 0 bridgehead atoms. The van der Waals surface area contributed by atoms with Gasteiger partial charge in [0.25, 0.3) is 0 Å². The second kappa shape index (κ2) is 6.45. The molecule has 0 heterocycles. The highest BCUT2D eigenvalue weighted by Crippen LogP contribution is 2.34. The topological polar surface area (TPSA) is 69.4 Å². The van der Waals surface area contributed by atoms with Crippen molar-refractivity contribution in [2.45, 2.75) is 18.3 Å². The van der Waals surface area contributed by atoms with Crippen molar-refractivity contribution in [1.82, 2.24) is 0 Å². The number of hydrogen-bond donors (Lipinski definition) is 1. The van der Waals surface area contributed by atoms with Gasteiger partial charge in [-0.1, -0.05) is 6.07 Å². The van der Waals surface area contributed by atoms with E-state index in [0.29, 0.717) is 0 Å². The SMILES string of the molecule is COCCCS(=O)(=O)Cc1ccc(N)cc1C(F)(F)F. The Bertz CT molecular complexity index is 556. The average Bonchev–Trinajstić information content (AvgIpc) is 2.30. The van der Waals surface area contributed by atoms with Crippen LogP contribution in [0.25, 0.3) is 0 Å². The van der Waals surface area contributed by atoms with E-state index in [1.165, 1.54) is 13.2 Å². The number of ether oxygens (including phenoxy) is 1. The molecule has 0 atom stereocenters. The Labute approximate surface area is 115 Å². The third kappa shape index (κ3) is 5.01. The Morgan fingerprint density at radius 1 is 1.30 bits per heavy atom. The highest BCUT2D eigenvalue weighted by Gasteiger charge is 2.34. The molecule has 20 heavy (non-hydrogen) atoms. The number of benzene rings is 1. The van der Waals surface area contributed by atoms with Crippen LogP contribution in [0, 0.1) is 0 Å². The molecule has 0 aromatic heterocycles. The summed E-state index contributed by atoms with van der Waals surface area (Å²) in [5, 5.41) is 0. The third-order valence-corrected chi connectivity index (χ3v) is 4.28. The van der Waals surface area contributed by atoms with Crippen LogP contribution in [0.3, 0.4) is 0 Å². The summed E-state index contributed by atoms with van der Waals surface area (Å²) in [6, 6.07) is 3.11. The van der Waals surface area contributed by atoms with Gasteiger partial charge in [0.2, 0.25) is 0 Å². The fourth-order valence-corrected chi connectivity index (χ4v) is 3.14. The first kappa shape index (κ1) is 16.8. The number of nitrogen functional groups attached to an aromatic ring is 1. The maximum atomic E-state index is 12.8. The lowest BCUT2D eigenvalue weighted by Crippen LogP contribution is -2.16. The Morgan fingerprint density at radius 3 is 2.50 bits per heavy atom. The number of hydrogen-bond acceptors (Lipinski definition) is 4. The molecule has 0 fully saturated rings. The number of alkyl halides is 3. The molecule has 114 valence electrons. The van der Waals surface area contributed by atoms with Gasteiger partial charge in [-0.05, 0) is 24.1 Å². The maximum Gasteiger partial charge on any atom is 0.416 e. The van der Waals surface area contributed by atoms with Gasteiger partial charge >= 0.3 is 6.18 Å². The van der Waals surface area contributed by atoms with Gasteiger partial charge in [0.05, 0.1) is 17.1 Å². The van der Waals surface area contributed by atoms with Gasteiger partial charge in [0, 0.05) is 19.4 Å². The van der Waals surface area contributed by atoms with E-state index in [-0.39, 0.29) is 30.0 Å². The highest BCUT2D eigenvalue weighted by molar-refractivity contribution is 7.90. The van der Waals surface area contributed by atoms with E-state index in [1.54, 1.807) is 0 Å². The minimum atomic E-state index is -4.63. The molecule has 0 radical (unpaired) electrons. The minimum absolute atomic E-state index is 0.0575. The largest absolute Gasteiger partial charge is 0.416 e. The van der Waals surface area contributed by atoms with Gasteiger partial charge in [-0.25, -0.2) is 8.42 Å². The van der Waals surface area contributed by atoms with Crippen LogP contribution in [0.1, 0.15) is 17.5 Å². The molecule has 4 nitrogen and oxygen atoms in total. The molecule has 0 unspecified atom stereocenters. The summed E-state index contributed by atoms with van der Waals surface area (Å²) in [7, 11) is -2.20. The van der Waals surface area contributed by atoms with Gasteiger partial charge in [0.1, 0.15) is 0 Å². The molecule has 2 N–H and O–H groups in total. The second-order valence-corrected chi connectivity index (χ2v) is 6.54. The van der Waals surface area contributed by atoms with Crippen LogP contribution in [0.2, 0.25) is 0 Å². The highest BCUT2D eigenvalue weighted by atomic mass is 32.2. The lowest BCUT2D eigenvalue weighted by atomic mass is 10.1. The van der Waals surface area contributed by atoms with Gasteiger partial charge in [-0.15, -0.1) is 0 Å². The van der Waals surface area contributed by atoms with Gasteiger partial charge < -0.3 is 10.5 Å². The molecule has 0 saturated heterocycles. The van der Waals surface area contributed by atoms with Gasteiger partial charge in [-0.2, -0.15) is 13.2 Å². The van der Waals surface area contributed by atoms with Gasteiger partial charge in [-0.3, -0.25) is 0 Å². The number of methoxy groups -OCH3 is 1. The lowest BCUT2D eigenvalue weighted by molar-refractivity contribution is -0.138. The second-order valence-electron chi connectivity index (χ2n) is 4.35. The van der Waals surface area contributed by atoms with Crippen molar-refractivity contribution < 1.29 is 26.3 Å². The number of anilines is 1. The molecule has 1 aromatic carbocycles. The van der Waals surface area contributed by atoms with Crippen LogP contribution in [0.5, 0.6) is 0 Å².